The molecule has 0 bridgehead atoms. The number of para-hydroxylation sites is 1. The molecule has 1 aliphatic heterocycles. The van der Waals surface area contributed by atoms with E-state index < -0.39 is 0 Å². The SMILES string of the molecule is Cn1c(CN2CCN(c3ccc(Cl)c(Cl)c3)CC2)c(Br)c(=O)n1-c1ccccc1. The van der Waals surface area contributed by atoms with Crippen molar-refractivity contribution in [1.82, 2.24) is 14.3 Å². The van der Waals surface area contributed by atoms with Crippen LogP contribution >= 0.6 is 39.1 Å². The Labute approximate surface area is 188 Å². The maximum atomic E-state index is 12.8. The topological polar surface area (TPSA) is 33.4 Å². The van der Waals surface area contributed by atoms with Crippen LogP contribution in [0, 0.1) is 0 Å². The fraction of sp³-hybridized carbons (Fsp3) is 0.286. The van der Waals surface area contributed by atoms with Crippen LogP contribution in [0.3, 0.4) is 0 Å². The summed E-state index contributed by atoms with van der Waals surface area (Å²) in [5.41, 5.74) is 2.88. The summed E-state index contributed by atoms with van der Waals surface area (Å²) in [7, 11) is 1.93. The summed E-state index contributed by atoms with van der Waals surface area (Å²) in [4.78, 5) is 17.5. The number of piperazine rings is 1. The van der Waals surface area contributed by atoms with Gasteiger partial charge in [0.2, 0.25) is 0 Å². The van der Waals surface area contributed by atoms with Crippen molar-refractivity contribution in [3.8, 4) is 5.69 Å². The lowest BCUT2D eigenvalue weighted by molar-refractivity contribution is 0.242. The van der Waals surface area contributed by atoms with E-state index >= 15 is 0 Å². The highest BCUT2D eigenvalue weighted by Crippen LogP contribution is 2.28. The molecule has 1 aromatic heterocycles. The summed E-state index contributed by atoms with van der Waals surface area (Å²) in [6, 6.07) is 15.5. The van der Waals surface area contributed by atoms with Gasteiger partial charge in [-0.05, 0) is 46.3 Å². The molecule has 0 atom stereocenters. The average Bonchev–Trinajstić information content (AvgIpc) is 2.94. The highest BCUT2D eigenvalue weighted by molar-refractivity contribution is 9.10. The minimum atomic E-state index is -0.0388. The van der Waals surface area contributed by atoms with Crippen LogP contribution in [0.25, 0.3) is 5.69 Å². The van der Waals surface area contributed by atoms with Gasteiger partial charge in [-0.3, -0.25) is 14.4 Å². The van der Waals surface area contributed by atoms with Crippen LogP contribution in [0.4, 0.5) is 5.69 Å². The third-order valence-corrected chi connectivity index (χ3v) is 6.87. The number of halogens is 3. The summed E-state index contributed by atoms with van der Waals surface area (Å²) in [5.74, 6) is 0. The van der Waals surface area contributed by atoms with E-state index in [2.05, 4.69) is 25.7 Å². The van der Waals surface area contributed by atoms with Crippen molar-refractivity contribution in [2.24, 2.45) is 7.05 Å². The lowest BCUT2D eigenvalue weighted by atomic mass is 10.2. The van der Waals surface area contributed by atoms with Gasteiger partial charge in [-0.1, -0.05) is 41.4 Å². The highest BCUT2D eigenvalue weighted by Gasteiger charge is 2.23. The molecule has 2 aromatic carbocycles. The molecule has 5 nitrogen and oxygen atoms in total. The molecule has 8 heteroatoms. The molecule has 1 fully saturated rings. The Kier molecular flexibility index (Phi) is 6.06. The number of hydrogen-bond acceptors (Lipinski definition) is 3. The molecule has 0 spiro atoms. The van der Waals surface area contributed by atoms with Gasteiger partial charge in [-0.25, -0.2) is 4.68 Å². The zero-order chi connectivity index (χ0) is 20.5. The molecule has 1 saturated heterocycles. The largest absolute Gasteiger partial charge is 0.369 e. The highest BCUT2D eigenvalue weighted by atomic mass is 79.9. The van der Waals surface area contributed by atoms with Crippen LogP contribution in [0.1, 0.15) is 5.69 Å². The zero-order valence-corrected chi connectivity index (χ0v) is 19.1. The second-order valence-corrected chi connectivity index (χ2v) is 8.71. The minimum Gasteiger partial charge on any atom is -0.369 e. The molecule has 0 unspecified atom stereocenters. The molecule has 2 heterocycles. The molecule has 152 valence electrons. The van der Waals surface area contributed by atoms with E-state index in [9.17, 15) is 4.79 Å². The number of hydrogen-bond donors (Lipinski definition) is 0. The van der Waals surface area contributed by atoms with Crippen molar-refractivity contribution in [1.29, 1.82) is 0 Å². The second kappa shape index (κ2) is 8.56. The lowest BCUT2D eigenvalue weighted by Crippen LogP contribution is -2.46. The fourth-order valence-electron chi connectivity index (χ4n) is 3.70. The van der Waals surface area contributed by atoms with Gasteiger partial charge in [-0.15, -0.1) is 0 Å². The van der Waals surface area contributed by atoms with Gasteiger partial charge in [0.25, 0.3) is 5.56 Å². The quantitative estimate of drug-likeness (QED) is 0.531. The van der Waals surface area contributed by atoms with Crippen molar-refractivity contribution in [2.45, 2.75) is 6.54 Å². The molecule has 3 aromatic rings. The molecule has 29 heavy (non-hydrogen) atoms. The maximum Gasteiger partial charge on any atom is 0.286 e. The molecule has 0 saturated carbocycles. The third-order valence-electron chi connectivity index (χ3n) is 5.34. The van der Waals surface area contributed by atoms with Crippen LogP contribution in [0.15, 0.2) is 57.8 Å². The van der Waals surface area contributed by atoms with Gasteiger partial charge in [0, 0.05) is 45.5 Å². The first-order valence-electron chi connectivity index (χ1n) is 9.40. The number of nitrogens with zero attached hydrogens (tertiary/aromatic N) is 4. The van der Waals surface area contributed by atoms with E-state index in [0.717, 1.165) is 43.2 Å². The molecule has 1 aliphatic rings. The normalized spacial score (nSPS) is 15.1. The van der Waals surface area contributed by atoms with Gasteiger partial charge >= 0.3 is 0 Å². The molecular formula is C21H21BrCl2N4O. The lowest BCUT2D eigenvalue weighted by Gasteiger charge is -2.36. The summed E-state index contributed by atoms with van der Waals surface area (Å²) in [5, 5.41) is 1.15. The van der Waals surface area contributed by atoms with Crippen LogP contribution in [0.5, 0.6) is 0 Å². The van der Waals surface area contributed by atoms with E-state index in [0.29, 0.717) is 21.1 Å². The Morgan fingerprint density at radius 1 is 0.931 bits per heavy atom. The van der Waals surface area contributed by atoms with Crippen LogP contribution in [-0.2, 0) is 13.6 Å². The number of rotatable bonds is 4. The minimum absolute atomic E-state index is 0.0388. The van der Waals surface area contributed by atoms with Crippen molar-refractivity contribution >= 4 is 44.8 Å². The van der Waals surface area contributed by atoms with Crippen molar-refractivity contribution < 1.29 is 0 Å². The van der Waals surface area contributed by atoms with E-state index in [1.54, 1.807) is 4.68 Å². The molecule has 0 aliphatic carbocycles. The molecule has 0 N–H and O–H groups in total. The molecule has 0 radical (unpaired) electrons. The summed E-state index contributed by atoms with van der Waals surface area (Å²) in [6.45, 7) is 4.29. The fourth-order valence-corrected chi connectivity index (χ4v) is 4.55. The van der Waals surface area contributed by atoms with Gasteiger partial charge in [0.15, 0.2) is 0 Å². The molecule has 4 rings (SSSR count). The van der Waals surface area contributed by atoms with E-state index in [4.69, 9.17) is 23.2 Å². The Morgan fingerprint density at radius 3 is 2.28 bits per heavy atom. The Morgan fingerprint density at radius 2 is 1.62 bits per heavy atom. The van der Waals surface area contributed by atoms with E-state index in [1.165, 1.54) is 0 Å². The van der Waals surface area contributed by atoms with Crippen LogP contribution < -0.4 is 10.5 Å². The number of anilines is 1. The van der Waals surface area contributed by atoms with E-state index in [1.807, 2.05) is 60.3 Å². The standard InChI is InChI=1S/C21H21BrCl2N4O/c1-25-19(20(22)21(29)28(25)15-5-3-2-4-6-15)14-26-9-11-27(12-10-26)16-7-8-17(23)18(24)13-16/h2-8,13H,9-12,14H2,1H3. The predicted octanol–water partition coefficient (Wildman–Crippen LogP) is 4.57. The number of benzene rings is 2. The van der Waals surface area contributed by atoms with Gasteiger partial charge in [0.1, 0.15) is 4.47 Å². The molecular weight excluding hydrogens is 475 g/mol. The smallest absolute Gasteiger partial charge is 0.286 e. The first-order valence-corrected chi connectivity index (χ1v) is 10.9. The zero-order valence-electron chi connectivity index (χ0n) is 16.0. The van der Waals surface area contributed by atoms with Crippen molar-refractivity contribution in [2.75, 3.05) is 31.1 Å². The summed E-state index contributed by atoms with van der Waals surface area (Å²) < 4.78 is 4.26. The maximum absolute atomic E-state index is 12.8. The molecule has 0 amide bonds. The Hall–Kier alpha value is -1.73. The number of aromatic nitrogens is 2. The van der Waals surface area contributed by atoms with Crippen molar-refractivity contribution in [3.63, 3.8) is 0 Å². The first-order chi connectivity index (χ1) is 14.0. The van der Waals surface area contributed by atoms with Crippen LogP contribution in [-0.4, -0.2) is 40.4 Å². The van der Waals surface area contributed by atoms with Gasteiger partial charge in [0.05, 0.1) is 21.4 Å². The van der Waals surface area contributed by atoms with E-state index in [-0.39, 0.29) is 5.56 Å². The Balaban J connectivity index is 1.49. The monoisotopic (exact) mass is 494 g/mol. The predicted molar refractivity (Wildman–Crippen MR) is 123 cm³/mol. The summed E-state index contributed by atoms with van der Waals surface area (Å²) >= 11 is 15.7. The third kappa shape index (κ3) is 4.12. The Bertz CT molecular complexity index is 1070. The summed E-state index contributed by atoms with van der Waals surface area (Å²) in [6.07, 6.45) is 0. The second-order valence-electron chi connectivity index (χ2n) is 7.10. The van der Waals surface area contributed by atoms with Crippen molar-refractivity contribution in [3.05, 3.63) is 79.1 Å². The average molecular weight is 496 g/mol. The van der Waals surface area contributed by atoms with Gasteiger partial charge in [-0.2, -0.15) is 0 Å². The van der Waals surface area contributed by atoms with Gasteiger partial charge < -0.3 is 4.90 Å². The van der Waals surface area contributed by atoms with Crippen LogP contribution in [0.2, 0.25) is 10.0 Å². The first kappa shape index (κ1) is 20.5.